The summed E-state index contributed by atoms with van der Waals surface area (Å²) in [5, 5.41) is 11.0. The number of hydrogen-bond donors (Lipinski definition) is 0. The standard InChI is InChI=1S/C15H11F3N2O3/c16-15(17,18)14(21)19(10-11-6-2-1-3-7-11)12-8-4-5-9-13(12)20(22)23/h1-9H,10H2. The molecule has 5 nitrogen and oxygen atoms in total. The van der Waals surface area contributed by atoms with Crippen molar-refractivity contribution in [3.8, 4) is 0 Å². The number of nitro groups is 1. The number of hydrogen-bond acceptors (Lipinski definition) is 3. The van der Waals surface area contributed by atoms with Crippen LogP contribution in [0.4, 0.5) is 24.5 Å². The molecule has 23 heavy (non-hydrogen) atoms. The first-order valence-corrected chi connectivity index (χ1v) is 6.46. The number of rotatable bonds is 4. The zero-order valence-corrected chi connectivity index (χ0v) is 11.7. The van der Waals surface area contributed by atoms with Crippen LogP contribution in [0.1, 0.15) is 5.56 Å². The molecule has 0 fully saturated rings. The van der Waals surface area contributed by atoms with E-state index in [1.54, 1.807) is 18.2 Å². The van der Waals surface area contributed by atoms with Gasteiger partial charge < -0.3 is 0 Å². The van der Waals surface area contributed by atoms with Crippen molar-refractivity contribution >= 4 is 17.3 Å². The summed E-state index contributed by atoms with van der Waals surface area (Å²) in [7, 11) is 0. The van der Waals surface area contributed by atoms with Gasteiger partial charge in [-0.25, -0.2) is 0 Å². The van der Waals surface area contributed by atoms with E-state index in [9.17, 15) is 28.1 Å². The van der Waals surface area contributed by atoms with Gasteiger partial charge in [-0.2, -0.15) is 13.2 Å². The lowest BCUT2D eigenvalue weighted by Gasteiger charge is -2.23. The molecule has 1 amide bonds. The van der Waals surface area contributed by atoms with E-state index in [1.165, 1.54) is 24.3 Å². The molecule has 2 aromatic rings. The Labute approximate surface area is 129 Å². The highest BCUT2D eigenvalue weighted by atomic mass is 19.4. The lowest BCUT2D eigenvalue weighted by atomic mass is 10.1. The number of amides is 1. The number of halogens is 3. The summed E-state index contributed by atoms with van der Waals surface area (Å²) in [6.45, 7) is -0.427. The minimum Gasteiger partial charge on any atom is -0.294 e. The van der Waals surface area contributed by atoms with E-state index in [-0.39, 0.29) is 0 Å². The maximum Gasteiger partial charge on any atom is 0.471 e. The van der Waals surface area contributed by atoms with Crippen molar-refractivity contribution in [1.82, 2.24) is 0 Å². The van der Waals surface area contributed by atoms with Crippen LogP contribution < -0.4 is 4.90 Å². The number of para-hydroxylation sites is 2. The average Bonchev–Trinajstić information content (AvgIpc) is 2.52. The summed E-state index contributed by atoms with van der Waals surface area (Å²) in [6.07, 6.45) is -5.14. The van der Waals surface area contributed by atoms with E-state index in [0.29, 0.717) is 10.5 Å². The molecule has 0 spiro atoms. The van der Waals surface area contributed by atoms with Crippen molar-refractivity contribution in [2.24, 2.45) is 0 Å². The SMILES string of the molecule is O=C(N(Cc1ccccc1)c1ccccc1[N+](=O)[O-])C(F)(F)F. The molecular weight excluding hydrogens is 313 g/mol. The maximum absolute atomic E-state index is 12.9. The molecule has 0 bridgehead atoms. The van der Waals surface area contributed by atoms with E-state index >= 15 is 0 Å². The Morgan fingerprint density at radius 1 is 1.04 bits per heavy atom. The number of carbonyl (C=O) groups is 1. The number of anilines is 1. The first kappa shape index (κ1) is 16.5. The maximum atomic E-state index is 12.9. The molecule has 0 radical (unpaired) electrons. The normalized spacial score (nSPS) is 11.1. The summed E-state index contributed by atoms with van der Waals surface area (Å²) < 4.78 is 38.6. The number of nitro benzene ring substituents is 1. The van der Waals surface area contributed by atoms with Crippen molar-refractivity contribution in [1.29, 1.82) is 0 Å². The van der Waals surface area contributed by atoms with Gasteiger partial charge in [0.25, 0.3) is 5.69 Å². The summed E-state index contributed by atoms with van der Waals surface area (Å²) in [5.41, 5.74) is -0.548. The largest absolute Gasteiger partial charge is 0.471 e. The average molecular weight is 324 g/mol. The molecular formula is C15H11F3N2O3. The van der Waals surface area contributed by atoms with Gasteiger partial charge in [0.1, 0.15) is 5.69 Å². The van der Waals surface area contributed by atoms with Crippen molar-refractivity contribution < 1.29 is 22.9 Å². The molecule has 0 saturated heterocycles. The first-order valence-electron chi connectivity index (χ1n) is 6.46. The first-order chi connectivity index (χ1) is 10.8. The van der Waals surface area contributed by atoms with Crippen molar-refractivity contribution in [3.05, 3.63) is 70.3 Å². The Hall–Kier alpha value is -2.90. The predicted octanol–water partition coefficient (Wildman–Crippen LogP) is 3.69. The minimum atomic E-state index is -5.14. The number of carbonyl (C=O) groups excluding carboxylic acids is 1. The molecule has 0 heterocycles. The van der Waals surface area contributed by atoms with Gasteiger partial charge in [0.2, 0.25) is 0 Å². The Morgan fingerprint density at radius 3 is 2.17 bits per heavy atom. The van der Waals surface area contributed by atoms with Crippen LogP contribution in [0.3, 0.4) is 0 Å². The second kappa shape index (κ2) is 6.47. The molecule has 8 heteroatoms. The summed E-state index contributed by atoms with van der Waals surface area (Å²) >= 11 is 0. The molecule has 0 N–H and O–H groups in total. The lowest BCUT2D eigenvalue weighted by Crippen LogP contribution is -2.41. The van der Waals surface area contributed by atoms with Gasteiger partial charge in [0.05, 0.1) is 11.5 Å². The highest BCUT2D eigenvalue weighted by Gasteiger charge is 2.44. The zero-order valence-electron chi connectivity index (χ0n) is 11.7. The van der Waals surface area contributed by atoms with Gasteiger partial charge in [-0.3, -0.25) is 19.8 Å². The van der Waals surface area contributed by atoms with Gasteiger partial charge in [-0.05, 0) is 11.6 Å². The van der Waals surface area contributed by atoms with Crippen LogP contribution in [-0.4, -0.2) is 17.0 Å². The van der Waals surface area contributed by atoms with Crippen LogP contribution in [0.15, 0.2) is 54.6 Å². The highest BCUT2D eigenvalue weighted by Crippen LogP contribution is 2.32. The quantitative estimate of drug-likeness (QED) is 0.636. The van der Waals surface area contributed by atoms with E-state index < -0.39 is 34.9 Å². The Bertz CT molecular complexity index is 717. The fourth-order valence-corrected chi connectivity index (χ4v) is 2.03. The van der Waals surface area contributed by atoms with Crippen LogP contribution in [0, 0.1) is 10.1 Å². The van der Waals surface area contributed by atoms with Gasteiger partial charge >= 0.3 is 12.1 Å². The minimum absolute atomic E-state index is 0.369. The molecule has 0 aliphatic carbocycles. The van der Waals surface area contributed by atoms with Gasteiger partial charge in [0.15, 0.2) is 0 Å². The van der Waals surface area contributed by atoms with E-state index in [2.05, 4.69) is 0 Å². The summed E-state index contributed by atoms with van der Waals surface area (Å²) in [5.74, 6) is -2.16. The number of alkyl halides is 3. The van der Waals surface area contributed by atoms with Crippen LogP contribution in [-0.2, 0) is 11.3 Å². The third kappa shape index (κ3) is 3.85. The van der Waals surface area contributed by atoms with Crippen LogP contribution >= 0.6 is 0 Å². The molecule has 0 aromatic heterocycles. The van der Waals surface area contributed by atoms with E-state index in [0.717, 1.165) is 12.1 Å². The van der Waals surface area contributed by atoms with Gasteiger partial charge in [-0.1, -0.05) is 42.5 Å². The van der Waals surface area contributed by atoms with Crippen LogP contribution in [0.2, 0.25) is 0 Å². The second-order valence-corrected chi connectivity index (χ2v) is 4.62. The summed E-state index contributed by atoms with van der Waals surface area (Å²) in [6, 6.07) is 12.8. The number of benzene rings is 2. The monoisotopic (exact) mass is 324 g/mol. The Kier molecular flexibility index (Phi) is 4.63. The lowest BCUT2D eigenvalue weighted by molar-refractivity contribution is -0.384. The molecule has 0 saturated carbocycles. The van der Waals surface area contributed by atoms with Crippen molar-refractivity contribution in [3.63, 3.8) is 0 Å². The van der Waals surface area contributed by atoms with Gasteiger partial charge in [-0.15, -0.1) is 0 Å². The van der Waals surface area contributed by atoms with Crippen LogP contribution in [0.25, 0.3) is 0 Å². The third-order valence-electron chi connectivity index (χ3n) is 3.04. The highest BCUT2D eigenvalue weighted by molar-refractivity contribution is 5.99. The summed E-state index contributed by atoms with van der Waals surface area (Å²) in [4.78, 5) is 22.3. The second-order valence-electron chi connectivity index (χ2n) is 4.62. The fourth-order valence-electron chi connectivity index (χ4n) is 2.03. The fraction of sp³-hybridized carbons (Fsp3) is 0.133. The predicted molar refractivity (Wildman–Crippen MR) is 76.8 cm³/mol. The van der Waals surface area contributed by atoms with Crippen molar-refractivity contribution in [2.75, 3.05) is 4.90 Å². The smallest absolute Gasteiger partial charge is 0.294 e. The molecule has 0 aliphatic rings. The number of nitrogens with zero attached hydrogens (tertiary/aromatic N) is 2. The van der Waals surface area contributed by atoms with Crippen molar-refractivity contribution in [2.45, 2.75) is 12.7 Å². The van der Waals surface area contributed by atoms with Crippen LogP contribution in [0.5, 0.6) is 0 Å². The molecule has 2 rings (SSSR count). The molecule has 2 aromatic carbocycles. The van der Waals surface area contributed by atoms with E-state index in [4.69, 9.17) is 0 Å². The zero-order chi connectivity index (χ0) is 17.0. The van der Waals surface area contributed by atoms with E-state index in [1.807, 2.05) is 0 Å². The topological polar surface area (TPSA) is 63.5 Å². The molecule has 0 unspecified atom stereocenters. The molecule has 0 atom stereocenters. The molecule has 120 valence electrons. The third-order valence-corrected chi connectivity index (χ3v) is 3.04. The Balaban J connectivity index is 2.50. The Morgan fingerprint density at radius 2 is 1.61 bits per heavy atom. The molecule has 0 aliphatic heterocycles. The van der Waals surface area contributed by atoms with Gasteiger partial charge in [0, 0.05) is 6.07 Å².